The van der Waals surface area contributed by atoms with Crippen molar-refractivity contribution in [2.24, 2.45) is 5.41 Å². The van der Waals surface area contributed by atoms with E-state index in [0.717, 1.165) is 31.3 Å². The molecule has 2 fully saturated rings. The summed E-state index contributed by atoms with van der Waals surface area (Å²) in [5, 5.41) is 7.43. The van der Waals surface area contributed by atoms with Gasteiger partial charge in [-0.3, -0.25) is 14.8 Å². The first kappa shape index (κ1) is 18.1. The van der Waals surface area contributed by atoms with Crippen LogP contribution in [0.2, 0.25) is 0 Å². The second-order valence-corrected chi connectivity index (χ2v) is 8.28. The number of amides is 1. The van der Waals surface area contributed by atoms with Crippen molar-refractivity contribution >= 4 is 5.91 Å². The number of benzene rings is 1. The zero-order chi connectivity index (χ0) is 20.0. The highest BCUT2D eigenvalue weighted by Gasteiger charge is 2.57. The summed E-state index contributed by atoms with van der Waals surface area (Å²) >= 11 is 0. The fourth-order valence-electron chi connectivity index (χ4n) is 4.73. The molecule has 0 radical (unpaired) electrons. The maximum Gasteiger partial charge on any atom is 0.291 e. The van der Waals surface area contributed by atoms with E-state index in [0.29, 0.717) is 24.5 Å². The highest BCUT2D eigenvalue weighted by atomic mass is 16.3. The molecule has 1 aromatic carbocycles. The van der Waals surface area contributed by atoms with Crippen molar-refractivity contribution in [3.63, 3.8) is 0 Å². The average molecular weight is 392 g/mol. The second kappa shape index (κ2) is 6.81. The summed E-state index contributed by atoms with van der Waals surface area (Å²) in [7, 11) is 0. The van der Waals surface area contributed by atoms with Crippen molar-refractivity contribution in [3.05, 3.63) is 65.4 Å². The van der Waals surface area contributed by atoms with Crippen LogP contribution in [0.15, 0.2) is 41.1 Å². The molecule has 8 heteroatoms. The van der Waals surface area contributed by atoms with E-state index in [2.05, 4.69) is 49.3 Å². The van der Waals surface area contributed by atoms with Crippen LogP contribution in [0.1, 0.15) is 39.4 Å². The van der Waals surface area contributed by atoms with Gasteiger partial charge in [-0.25, -0.2) is 9.97 Å². The molecule has 1 spiro atoms. The number of oxazole rings is 1. The van der Waals surface area contributed by atoms with E-state index >= 15 is 0 Å². The van der Waals surface area contributed by atoms with E-state index in [1.807, 2.05) is 17.9 Å². The Morgan fingerprint density at radius 3 is 2.69 bits per heavy atom. The van der Waals surface area contributed by atoms with Crippen LogP contribution in [0.25, 0.3) is 0 Å². The molecule has 29 heavy (non-hydrogen) atoms. The monoisotopic (exact) mass is 392 g/mol. The number of carbonyl (C=O) groups is 1. The summed E-state index contributed by atoms with van der Waals surface area (Å²) in [4.78, 5) is 25.8. The van der Waals surface area contributed by atoms with Gasteiger partial charge in [0.15, 0.2) is 12.2 Å². The van der Waals surface area contributed by atoms with Gasteiger partial charge < -0.3 is 9.32 Å². The summed E-state index contributed by atoms with van der Waals surface area (Å²) < 4.78 is 5.31. The third kappa shape index (κ3) is 3.13. The maximum absolute atomic E-state index is 12.8. The largest absolute Gasteiger partial charge is 0.438 e. The molecule has 2 aliphatic rings. The lowest BCUT2D eigenvalue weighted by atomic mass is 9.71. The summed E-state index contributed by atoms with van der Waals surface area (Å²) in [6.45, 7) is 7.75. The van der Waals surface area contributed by atoms with Crippen LogP contribution in [-0.2, 0) is 6.54 Å². The zero-order valence-corrected chi connectivity index (χ0v) is 16.6. The number of H-pyrrole nitrogens is 1. The number of aromatic nitrogens is 4. The fraction of sp³-hybridized carbons (Fsp3) is 0.429. The normalized spacial score (nSPS) is 20.9. The Morgan fingerprint density at radius 1 is 1.24 bits per heavy atom. The first-order chi connectivity index (χ1) is 14.0. The number of hydrogen-bond donors (Lipinski definition) is 1. The van der Waals surface area contributed by atoms with Gasteiger partial charge in [0.2, 0.25) is 5.76 Å². The molecular formula is C21H24N6O2. The molecule has 5 rings (SSSR count). The number of rotatable bonds is 4. The first-order valence-corrected chi connectivity index (χ1v) is 9.89. The second-order valence-electron chi connectivity index (χ2n) is 8.28. The molecule has 2 aliphatic heterocycles. The molecule has 1 N–H and O–H groups in total. The Kier molecular flexibility index (Phi) is 4.24. The van der Waals surface area contributed by atoms with Gasteiger partial charge >= 0.3 is 0 Å². The van der Waals surface area contributed by atoms with Crippen LogP contribution < -0.4 is 0 Å². The highest BCUT2D eigenvalue weighted by molar-refractivity contribution is 5.93. The lowest BCUT2D eigenvalue weighted by Crippen LogP contribution is -2.61. The quantitative estimate of drug-likeness (QED) is 0.732. The number of likely N-dealkylation sites (tertiary alicyclic amines) is 2. The number of carbonyl (C=O) groups excluding carboxylic acids is 1. The van der Waals surface area contributed by atoms with Gasteiger partial charge in [0.05, 0.1) is 5.69 Å². The Morgan fingerprint density at radius 2 is 2.03 bits per heavy atom. The van der Waals surface area contributed by atoms with Crippen molar-refractivity contribution in [3.8, 4) is 0 Å². The summed E-state index contributed by atoms with van der Waals surface area (Å²) in [5.74, 6) is 2.11. The molecule has 2 saturated heterocycles. The lowest BCUT2D eigenvalue weighted by molar-refractivity contribution is -0.000447. The number of nitrogens with zero attached hydrogens (tertiary/aromatic N) is 5. The van der Waals surface area contributed by atoms with Gasteiger partial charge in [0.1, 0.15) is 5.82 Å². The zero-order valence-electron chi connectivity index (χ0n) is 16.6. The van der Waals surface area contributed by atoms with E-state index in [-0.39, 0.29) is 17.2 Å². The molecule has 1 amide bonds. The topological polar surface area (TPSA) is 91.2 Å². The van der Waals surface area contributed by atoms with Crippen molar-refractivity contribution in [1.29, 1.82) is 0 Å². The number of aryl methyl sites for hydroxylation is 2. The average Bonchev–Trinajstić information content (AvgIpc) is 3.39. The molecule has 2 aromatic heterocycles. The van der Waals surface area contributed by atoms with Crippen LogP contribution in [0.5, 0.6) is 0 Å². The van der Waals surface area contributed by atoms with Crippen molar-refractivity contribution in [2.45, 2.75) is 26.3 Å². The molecule has 8 nitrogen and oxygen atoms in total. The van der Waals surface area contributed by atoms with Crippen LogP contribution in [0.3, 0.4) is 0 Å². The molecule has 4 heterocycles. The molecule has 1 atom stereocenters. The van der Waals surface area contributed by atoms with Crippen LogP contribution in [0.4, 0.5) is 0 Å². The molecule has 0 saturated carbocycles. The molecule has 3 aromatic rings. The predicted octanol–water partition coefficient (Wildman–Crippen LogP) is 2.15. The summed E-state index contributed by atoms with van der Waals surface area (Å²) in [5.41, 5.74) is 1.89. The predicted molar refractivity (Wildman–Crippen MR) is 105 cm³/mol. The Balaban J connectivity index is 1.36. The standard InChI is InChI=1S/C21H24N6O2/c1-14-18(29-13-22-14)20(28)27-11-21(12-27)10-26(8-16-6-4-3-5-7-16)9-17(21)19-23-15(2)24-25-19/h3-7,13,17H,8-12H2,1-2H3,(H,23,24,25). The van der Waals surface area contributed by atoms with E-state index in [1.54, 1.807) is 6.92 Å². The van der Waals surface area contributed by atoms with E-state index < -0.39 is 0 Å². The minimum Gasteiger partial charge on any atom is -0.438 e. The van der Waals surface area contributed by atoms with E-state index in [4.69, 9.17) is 4.42 Å². The number of nitrogens with one attached hydrogen (secondary N) is 1. The molecule has 1 unspecified atom stereocenters. The van der Waals surface area contributed by atoms with Crippen LogP contribution in [0, 0.1) is 19.3 Å². The van der Waals surface area contributed by atoms with Gasteiger partial charge in [-0.15, -0.1) is 0 Å². The van der Waals surface area contributed by atoms with Gasteiger partial charge in [-0.05, 0) is 19.4 Å². The van der Waals surface area contributed by atoms with Crippen molar-refractivity contribution in [1.82, 2.24) is 30.0 Å². The van der Waals surface area contributed by atoms with Gasteiger partial charge in [-0.1, -0.05) is 30.3 Å². The van der Waals surface area contributed by atoms with Crippen LogP contribution >= 0.6 is 0 Å². The molecule has 0 bridgehead atoms. The van der Waals surface area contributed by atoms with E-state index in [1.165, 1.54) is 12.0 Å². The van der Waals surface area contributed by atoms with Gasteiger partial charge in [0, 0.05) is 44.1 Å². The molecule has 0 aliphatic carbocycles. The Hall–Kier alpha value is -3.00. The number of hydrogen-bond acceptors (Lipinski definition) is 6. The summed E-state index contributed by atoms with van der Waals surface area (Å²) in [6.07, 6.45) is 1.33. The summed E-state index contributed by atoms with van der Waals surface area (Å²) in [6, 6.07) is 10.5. The number of aromatic amines is 1. The van der Waals surface area contributed by atoms with Gasteiger partial charge in [0.25, 0.3) is 5.91 Å². The third-order valence-electron chi connectivity index (χ3n) is 6.13. The molecular weight excluding hydrogens is 368 g/mol. The van der Waals surface area contributed by atoms with Gasteiger partial charge in [-0.2, -0.15) is 5.10 Å². The minimum absolute atomic E-state index is 0.0347. The smallest absolute Gasteiger partial charge is 0.291 e. The Bertz CT molecular complexity index is 1020. The fourth-order valence-corrected chi connectivity index (χ4v) is 4.73. The Labute approximate surface area is 168 Å². The lowest BCUT2D eigenvalue weighted by Gasteiger charge is -2.50. The van der Waals surface area contributed by atoms with Crippen molar-refractivity contribution < 1.29 is 9.21 Å². The third-order valence-corrected chi connectivity index (χ3v) is 6.13. The van der Waals surface area contributed by atoms with Crippen molar-refractivity contribution in [2.75, 3.05) is 26.2 Å². The first-order valence-electron chi connectivity index (χ1n) is 9.89. The molecule has 150 valence electrons. The minimum atomic E-state index is -0.0861. The highest BCUT2D eigenvalue weighted by Crippen LogP contribution is 2.49. The SMILES string of the molecule is Cc1nc(C2CN(Cc3ccccc3)CC23CN(C(=O)c2ocnc2C)C3)n[nH]1. The maximum atomic E-state index is 12.8. The van der Waals surface area contributed by atoms with Crippen LogP contribution in [-0.4, -0.2) is 62.1 Å². The van der Waals surface area contributed by atoms with E-state index in [9.17, 15) is 4.79 Å².